The number of furan rings is 1. The van der Waals surface area contributed by atoms with E-state index in [0.717, 1.165) is 68.2 Å². The number of nitrogens with zero attached hydrogens (tertiary/aromatic N) is 3. The molecule has 4 heteroatoms. The minimum Gasteiger partial charge on any atom is -0.455 e. The summed E-state index contributed by atoms with van der Waals surface area (Å²) in [5, 5.41) is 2.30. The summed E-state index contributed by atoms with van der Waals surface area (Å²) < 4.78 is 6.32. The second kappa shape index (κ2) is 10.7. The molecule has 0 amide bonds. The van der Waals surface area contributed by atoms with Crippen molar-refractivity contribution in [2.45, 2.75) is 12.8 Å². The third-order valence-electron chi connectivity index (χ3n) is 8.08. The number of para-hydroxylation sites is 2. The van der Waals surface area contributed by atoms with Crippen LogP contribution < -0.4 is 0 Å². The van der Waals surface area contributed by atoms with Crippen molar-refractivity contribution in [3.63, 3.8) is 0 Å². The lowest BCUT2D eigenvalue weighted by Crippen LogP contribution is -2.04. The number of hydrogen-bond acceptors (Lipinski definition) is 4. The minimum absolute atomic E-state index is 0.671. The average molecular weight is 554 g/mol. The van der Waals surface area contributed by atoms with Crippen LogP contribution in [0, 0.1) is 0 Å². The molecule has 204 valence electrons. The molecule has 1 aliphatic rings. The highest BCUT2D eigenvalue weighted by atomic mass is 16.3. The molecule has 0 bridgehead atoms. The van der Waals surface area contributed by atoms with Gasteiger partial charge in [-0.15, -0.1) is 0 Å². The molecule has 43 heavy (non-hydrogen) atoms. The van der Waals surface area contributed by atoms with E-state index in [-0.39, 0.29) is 0 Å². The number of aromatic nitrogens is 3. The molecular weight excluding hydrogens is 526 g/mol. The Kier molecular flexibility index (Phi) is 6.23. The summed E-state index contributed by atoms with van der Waals surface area (Å²) in [6, 6.07) is 43.6. The third-order valence-corrected chi connectivity index (χ3v) is 8.08. The van der Waals surface area contributed by atoms with Gasteiger partial charge in [0, 0.05) is 27.5 Å². The van der Waals surface area contributed by atoms with Gasteiger partial charge in [-0.2, -0.15) is 0 Å². The van der Waals surface area contributed by atoms with Gasteiger partial charge in [0.15, 0.2) is 17.5 Å². The van der Waals surface area contributed by atoms with E-state index in [0.29, 0.717) is 17.5 Å². The molecule has 1 aliphatic carbocycles. The number of fused-ring (bicyclic) bond motifs is 3. The van der Waals surface area contributed by atoms with Gasteiger partial charge in [-0.1, -0.05) is 127 Å². The van der Waals surface area contributed by atoms with Crippen LogP contribution in [-0.2, 0) is 0 Å². The highest BCUT2D eigenvalue weighted by molar-refractivity contribution is 6.08. The van der Waals surface area contributed by atoms with Crippen LogP contribution in [0.1, 0.15) is 24.2 Å². The van der Waals surface area contributed by atoms with Crippen molar-refractivity contribution < 1.29 is 4.42 Å². The first-order valence-corrected chi connectivity index (χ1v) is 14.6. The normalized spacial score (nSPS) is 13.2. The van der Waals surface area contributed by atoms with E-state index in [1.165, 1.54) is 5.57 Å². The van der Waals surface area contributed by atoms with Crippen LogP contribution >= 0.6 is 0 Å². The maximum absolute atomic E-state index is 6.32. The fraction of sp³-hybridized carbons (Fsp3) is 0.0513. The minimum atomic E-state index is 0.671. The summed E-state index contributed by atoms with van der Waals surface area (Å²) >= 11 is 0. The van der Waals surface area contributed by atoms with E-state index in [2.05, 4.69) is 91.0 Å². The molecule has 8 rings (SSSR count). The molecule has 0 saturated heterocycles. The third kappa shape index (κ3) is 4.73. The van der Waals surface area contributed by atoms with E-state index in [4.69, 9.17) is 19.4 Å². The molecule has 2 aromatic heterocycles. The van der Waals surface area contributed by atoms with Gasteiger partial charge >= 0.3 is 0 Å². The molecule has 0 radical (unpaired) electrons. The zero-order valence-electron chi connectivity index (χ0n) is 23.4. The molecule has 0 N–H and O–H groups in total. The first-order chi connectivity index (χ1) is 21.3. The highest BCUT2D eigenvalue weighted by Gasteiger charge is 2.19. The molecule has 4 nitrogen and oxygen atoms in total. The van der Waals surface area contributed by atoms with Crippen LogP contribution in [0.4, 0.5) is 0 Å². The predicted molar refractivity (Wildman–Crippen MR) is 175 cm³/mol. The molecule has 0 spiro atoms. The van der Waals surface area contributed by atoms with E-state index in [1.807, 2.05) is 48.5 Å². The Hall–Kier alpha value is -5.61. The van der Waals surface area contributed by atoms with Crippen molar-refractivity contribution in [2.75, 3.05) is 0 Å². The Bertz CT molecular complexity index is 2180. The molecule has 2 heterocycles. The predicted octanol–water partition coefficient (Wildman–Crippen LogP) is 10.0. The lowest BCUT2D eigenvalue weighted by molar-refractivity contribution is 0.667. The average Bonchev–Trinajstić information content (AvgIpc) is 3.48. The van der Waals surface area contributed by atoms with Crippen LogP contribution in [0.5, 0.6) is 0 Å². The summed E-state index contributed by atoms with van der Waals surface area (Å²) in [6.07, 6.45) is 6.05. The quantitative estimate of drug-likeness (QED) is 0.213. The smallest absolute Gasteiger partial charge is 0.164 e. The van der Waals surface area contributed by atoms with Crippen LogP contribution in [0.25, 0.3) is 67.0 Å². The monoisotopic (exact) mass is 553 g/mol. The molecule has 7 aromatic rings. The highest BCUT2D eigenvalue weighted by Crippen LogP contribution is 2.38. The Labute approximate surface area is 249 Å². The van der Waals surface area contributed by atoms with Crippen LogP contribution in [-0.4, -0.2) is 15.0 Å². The van der Waals surface area contributed by atoms with Crippen molar-refractivity contribution in [1.29, 1.82) is 0 Å². The van der Waals surface area contributed by atoms with Crippen molar-refractivity contribution in [3.05, 3.63) is 151 Å². The van der Waals surface area contributed by atoms with Gasteiger partial charge in [0.25, 0.3) is 0 Å². The van der Waals surface area contributed by atoms with Crippen molar-refractivity contribution in [3.8, 4) is 33.9 Å². The number of rotatable bonds is 5. The summed E-state index contributed by atoms with van der Waals surface area (Å²) in [6.45, 7) is 0. The fourth-order valence-corrected chi connectivity index (χ4v) is 5.88. The Morgan fingerprint density at radius 1 is 0.442 bits per heavy atom. The second-order valence-electron chi connectivity index (χ2n) is 10.8. The van der Waals surface area contributed by atoms with Crippen LogP contribution in [0.2, 0.25) is 0 Å². The maximum atomic E-state index is 6.32. The standard InChI is InChI=1S/C39H27N3O/c1-3-11-26(12-4-1)30-15-9-16-31(25-30)39-41-37(28-13-5-2-6-14-28)40-38(42-39)29-23-21-27(22-24-29)32-18-10-19-34-33-17-7-8-20-35(33)43-36(32)34/h1-21,23,25H,22,24H2. The Morgan fingerprint density at radius 2 is 1.02 bits per heavy atom. The number of allylic oxidation sites excluding steroid dienone is 4. The van der Waals surface area contributed by atoms with Crippen LogP contribution in [0.3, 0.4) is 0 Å². The van der Waals surface area contributed by atoms with Gasteiger partial charge in [-0.05, 0) is 47.2 Å². The van der Waals surface area contributed by atoms with Gasteiger partial charge in [-0.3, -0.25) is 0 Å². The Balaban J connectivity index is 1.21. The SMILES string of the molecule is C1=C(c2nc(-c3ccccc3)nc(-c3cccc(-c4ccccc4)c3)n2)CCC(c2cccc3c2oc2ccccc23)=C1. The molecule has 5 aromatic carbocycles. The molecule has 0 fully saturated rings. The van der Waals surface area contributed by atoms with Gasteiger partial charge in [0.2, 0.25) is 0 Å². The second-order valence-corrected chi connectivity index (χ2v) is 10.8. The number of benzene rings is 5. The Morgan fingerprint density at radius 3 is 1.81 bits per heavy atom. The van der Waals surface area contributed by atoms with Gasteiger partial charge in [-0.25, -0.2) is 15.0 Å². The zero-order chi connectivity index (χ0) is 28.6. The largest absolute Gasteiger partial charge is 0.455 e. The molecular formula is C39H27N3O. The zero-order valence-corrected chi connectivity index (χ0v) is 23.4. The molecule has 0 atom stereocenters. The van der Waals surface area contributed by atoms with Crippen molar-refractivity contribution in [1.82, 2.24) is 15.0 Å². The first-order valence-electron chi connectivity index (χ1n) is 14.6. The number of hydrogen-bond donors (Lipinski definition) is 0. The first kappa shape index (κ1) is 25.1. The molecule has 0 aliphatic heterocycles. The van der Waals surface area contributed by atoms with Crippen molar-refractivity contribution >= 4 is 33.1 Å². The topological polar surface area (TPSA) is 51.8 Å². The summed E-state index contributed by atoms with van der Waals surface area (Å²) in [5.74, 6) is 2.06. The van der Waals surface area contributed by atoms with Crippen molar-refractivity contribution in [2.24, 2.45) is 0 Å². The summed E-state index contributed by atoms with van der Waals surface area (Å²) in [5.41, 5.74) is 9.57. The van der Waals surface area contributed by atoms with Gasteiger partial charge in [0.05, 0.1) is 0 Å². The van der Waals surface area contributed by atoms with Gasteiger partial charge in [0.1, 0.15) is 11.2 Å². The molecule has 0 unspecified atom stereocenters. The van der Waals surface area contributed by atoms with Gasteiger partial charge < -0.3 is 4.42 Å². The maximum Gasteiger partial charge on any atom is 0.164 e. The lowest BCUT2D eigenvalue weighted by atomic mass is 9.92. The van der Waals surface area contributed by atoms with E-state index in [1.54, 1.807) is 0 Å². The summed E-state index contributed by atoms with van der Waals surface area (Å²) in [4.78, 5) is 14.9. The van der Waals surface area contributed by atoms with E-state index in [9.17, 15) is 0 Å². The summed E-state index contributed by atoms with van der Waals surface area (Å²) in [7, 11) is 0. The van der Waals surface area contributed by atoms with E-state index < -0.39 is 0 Å². The molecule has 0 saturated carbocycles. The lowest BCUT2D eigenvalue weighted by Gasteiger charge is -2.16. The fourth-order valence-electron chi connectivity index (χ4n) is 5.88. The van der Waals surface area contributed by atoms with Crippen LogP contribution in [0.15, 0.2) is 144 Å². The van der Waals surface area contributed by atoms with E-state index >= 15 is 0 Å².